The first-order chi connectivity index (χ1) is 9.30. The van der Waals surface area contributed by atoms with Crippen molar-refractivity contribution in [3.8, 4) is 0 Å². The summed E-state index contributed by atoms with van der Waals surface area (Å²) in [5.41, 5.74) is 8.95. The van der Waals surface area contributed by atoms with Crippen molar-refractivity contribution in [2.75, 3.05) is 14.2 Å². The first-order valence-corrected chi connectivity index (χ1v) is 6.12. The molecule has 0 saturated carbocycles. The van der Waals surface area contributed by atoms with Crippen LogP contribution in [0.3, 0.4) is 0 Å². The van der Waals surface area contributed by atoms with Gasteiger partial charge >= 0.3 is 0 Å². The van der Waals surface area contributed by atoms with E-state index < -0.39 is 6.29 Å². The van der Waals surface area contributed by atoms with Crippen LogP contribution in [-0.2, 0) is 22.6 Å². The van der Waals surface area contributed by atoms with Gasteiger partial charge in [-0.2, -0.15) is 0 Å². The number of rotatable bonds is 6. The molecule has 5 heteroatoms. The predicted molar refractivity (Wildman–Crippen MR) is 72.4 cm³/mol. The average Bonchev–Trinajstić information content (AvgIpc) is 2.89. The summed E-state index contributed by atoms with van der Waals surface area (Å²) in [5, 5.41) is 0. The Labute approximate surface area is 113 Å². The Morgan fingerprint density at radius 3 is 2.53 bits per heavy atom. The second-order valence-electron chi connectivity index (χ2n) is 4.22. The third-order valence-corrected chi connectivity index (χ3v) is 3.09. The molecule has 0 bridgehead atoms. The van der Waals surface area contributed by atoms with Gasteiger partial charge in [-0.05, 0) is 11.1 Å². The summed E-state index contributed by atoms with van der Waals surface area (Å²) in [7, 11) is 3.22. The molecule has 1 aromatic heterocycles. The van der Waals surface area contributed by atoms with E-state index in [4.69, 9.17) is 15.2 Å². The number of nitrogens with zero attached hydrogens (tertiary/aromatic N) is 2. The maximum absolute atomic E-state index is 5.76. The number of aromatic nitrogens is 2. The molecule has 0 saturated heterocycles. The Balaban J connectivity index is 2.26. The monoisotopic (exact) mass is 261 g/mol. The lowest BCUT2D eigenvalue weighted by Gasteiger charge is -2.16. The third kappa shape index (κ3) is 3.01. The van der Waals surface area contributed by atoms with Gasteiger partial charge in [0.25, 0.3) is 0 Å². The Morgan fingerprint density at radius 1 is 1.21 bits per heavy atom. The van der Waals surface area contributed by atoms with Gasteiger partial charge in [0, 0.05) is 27.3 Å². The standard InChI is InChI=1S/C14H19N3O2/c1-18-14(19-2)13-8-16-10-17(13)9-12-6-4-3-5-11(12)7-15/h3-6,8,10,14H,7,9,15H2,1-2H3. The summed E-state index contributed by atoms with van der Waals surface area (Å²) in [5.74, 6) is 0. The SMILES string of the molecule is COC(OC)c1cncn1Cc1ccccc1CN. The van der Waals surface area contributed by atoms with E-state index in [1.54, 1.807) is 26.7 Å². The van der Waals surface area contributed by atoms with Crippen molar-refractivity contribution in [2.45, 2.75) is 19.4 Å². The molecule has 0 fully saturated rings. The fourth-order valence-corrected chi connectivity index (χ4v) is 2.09. The molecule has 2 aromatic rings. The molecule has 0 spiro atoms. The van der Waals surface area contributed by atoms with Crippen molar-refractivity contribution in [3.05, 3.63) is 53.6 Å². The van der Waals surface area contributed by atoms with Crippen LogP contribution in [0.15, 0.2) is 36.8 Å². The number of methoxy groups -OCH3 is 2. The van der Waals surface area contributed by atoms with Crippen LogP contribution in [0.2, 0.25) is 0 Å². The number of benzene rings is 1. The summed E-state index contributed by atoms with van der Waals surface area (Å²) in [6, 6.07) is 8.11. The van der Waals surface area contributed by atoms with Crippen LogP contribution in [0, 0.1) is 0 Å². The zero-order chi connectivity index (χ0) is 13.7. The first-order valence-electron chi connectivity index (χ1n) is 6.12. The fourth-order valence-electron chi connectivity index (χ4n) is 2.09. The van der Waals surface area contributed by atoms with E-state index in [9.17, 15) is 0 Å². The highest BCUT2D eigenvalue weighted by Crippen LogP contribution is 2.19. The van der Waals surface area contributed by atoms with Gasteiger partial charge in [0.05, 0.1) is 18.2 Å². The summed E-state index contributed by atoms with van der Waals surface area (Å²) < 4.78 is 12.5. The van der Waals surface area contributed by atoms with E-state index >= 15 is 0 Å². The lowest BCUT2D eigenvalue weighted by molar-refractivity contribution is -0.110. The molecule has 1 heterocycles. The van der Waals surface area contributed by atoms with E-state index in [2.05, 4.69) is 11.1 Å². The minimum Gasteiger partial charge on any atom is -0.350 e. The van der Waals surface area contributed by atoms with E-state index in [1.807, 2.05) is 22.8 Å². The quantitative estimate of drug-likeness (QED) is 0.804. The largest absolute Gasteiger partial charge is 0.350 e. The van der Waals surface area contributed by atoms with Crippen LogP contribution in [-0.4, -0.2) is 23.8 Å². The maximum Gasteiger partial charge on any atom is 0.200 e. The molecule has 2 N–H and O–H groups in total. The van der Waals surface area contributed by atoms with E-state index in [0.29, 0.717) is 13.1 Å². The molecule has 102 valence electrons. The van der Waals surface area contributed by atoms with Gasteiger partial charge < -0.3 is 19.8 Å². The molecule has 5 nitrogen and oxygen atoms in total. The van der Waals surface area contributed by atoms with Gasteiger partial charge in [0.15, 0.2) is 6.29 Å². The van der Waals surface area contributed by atoms with Gasteiger partial charge in [0.2, 0.25) is 0 Å². The second-order valence-corrected chi connectivity index (χ2v) is 4.22. The van der Waals surface area contributed by atoms with Gasteiger partial charge in [-0.15, -0.1) is 0 Å². The summed E-state index contributed by atoms with van der Waals surface area (Å²) in [6.45, 7) is 1.23. The minimum atomic E-state index is -0.410. The molecule has 0 atom stereocenters. The number of imidazole rings is 1. The van der Waals surface area contributed by atoms with Crippen LogP contribution < -0.4 is 5.73 Å². The molecule has 0 aliphatic heterocycles. The van der Waals surface area contributed by atoms with Crippen molar-refractivity contribution < 1.29 is 9.47 Å². The minimum absolute atomic E-state index is 0.410. The zero-order valence-electron chi connectivity index (χ0n) is 11.2. The Morgan fingerprint density at radius 2 is 1.89 bits per heavy atom. The Kier molecular flexibility index (Phi) is 4.68. The van der Waals surface area contributed by atoms with E-state index in [-0.39, 0.29) is 0 Å². The zero-order valence-corrected chi connectivity index (χ0v) is 11.2. The second kappa shape index (κ2) is 6.47. The highest BCUT2D eigenvalue weighted by atomic mass is 16.7. The highest BCUT2D eigenvalue weighted by Gasteiger charge is 2.15. The molecule has 0 radical (unpaired) electrons. The van der Waals surface area contributed by atoms with Crippen molar-refractivity contribution in [1.29, 1.82) is 0 Å². The van der Waals surface area contributed by atoms with Crippen LogP contribution in [0.1, 0.15) is 23.1 Å². The van der Waals surface area contributed by atoms with Crippen LogP contribution >= 0.6 is 0 Å². The molecule has 0 amide bonds. The van der Waals surface area contributed by atoms with Gasteiger partial charge in [-0.3, -0.25) is 0 Å². The summed E-state index contributed by atoms with van der Waals surface area (Å²) in [4.78, 5) is 4.16. The topological polar surface area (TPSA) is 62.3 Å². The van der Waals surface area contributed by atoms with Gasteiger partial charge in [-0.1, -0.05) is 24.3 Å². The van der Waals surface area contributed by atoms with Crippen LogP contribution in [0.5, 0.6) is 0 Å². The predicted octanol–water partition coefficient (Wildman–Crippen LogP) is 1.68. The van der Waals surface area contributed by atoms with Crippen LogP contribution in [0.25, 0.3) is 0 Å². The fraction of sp³-hybridized carbons (Fsp3) is 0.357. The normalized spacial score (nSPS) is 11.2. The molecule has 0 unspecified atom stereocenters. The van der Waals surface area contributed by atoms with Crippen LogP contribution in [0.4, 0.5) is 0 Å². The van der Waals surface area contributed by atoms with Crippen molar-refractivity contribution >= 4 is 0 Å². The van der Waals surface area contributed by atoms with Crippen molar-refractivity contribution in [3.63, 3.8) is 0 Å². The molecular formula is C14H19N3O2. The average molecular weight is 261 g/mol. The highest BCUT2D eigenvalue weighted by molar-refractivity contribution is 5.27. The lowest BCUT2D eigenvalue weighted by Crippen LogP contribution is -2.13. The first kappa shape index (κ1) is 13.7. The molecule has 19 heavy (non-hydrogen) atoms. The third-order valence-electron chi connectivity index (χ3n) is 3.09. The number of ether oxygens (including phenoxy) is 2. The molecular weight excluding hydrogens is 242 g/mol. The number of hydrogen-bond acceptors (Lipinski definition) is 4. The van der Waals surface area contributed by atoms with Crippen molar-refractivity contribution in [1.82, 2.24) is 9.55 Å². The maximum atomic E-state index is 5.76. The summed E-state index contributed by atoms with van der Waals surface area (Å²) in [6.07, 6.45) is 3.11. The molecule has 1 aromatic carbocycles. The number of hydrogen-bond donors (Lipinski definition) is 1. The van der Waals surface area contributed by atoms with Gasteiger partial charge in [0.1, 0.15) is 0 Å². The van der Waals surface area contributed by atoms with E-state index in [0.717, 1.165) is 11.3 Å². The Hall–Kier alpha value is -1.69. The van der Waals surface area contributed by atoms with E-state index in [1.165, 1.54) is 5.56 Å². The molecule has 0 aliphatic carbocycles. The van der Waals surface area contributed by atoms with Crippen molar-refractivity contribution in [2.24, 2.45) is 5.73 Å². The Bertz CT molecular complexity index is 521. The molecule has 0 aliphatic rings. The summed E-state index contributed by atoms with van der Waals surface area (Å²) >= 11 is 0. The van der Waals surface area contributed by atoms with Gasteiger partial charge in [-0.25, -0.2) is 4.98 Å². The lowest BCUT2D eigenvalue weighted by atomic mass is 10.1. The molecule has 2 rings (SSSR count). The smallest absolute Gasteiger partial charge is 0.200 e. The number of nitrogens with two attached hydrogens (primary N) is 1.